The third-order valence-corrected chi connectivity index (χ3v) is 2.40. The Morgan fingerprint density at radius 1 is 1.00 bits per heavy atom. The Morgan fingerprint density at radius 3 is 2.26 bits per heavy atom. The molecule has 0 atom stereocenters. The number of amides is 1. The zero-order valence-electron chi connectivity index (χ0n) is 10.1. The lowest BCUT2D eigenvalue weighted by molar-refractivity contribution is -0.124. The van der Waals surface area contributed by atoms with E-state index in [0.717, 1.165) is 17.1 Å². The summed E-state index contributed by atoms with van der Waals surface area (Å²) in [5.41, 5.74) is 2.37. The molecule has 2 rings (SSSR count). The molecule has 96 valence electrons. The summed E-state index contributed by atoms with van der Waals surface area (Å²) in [5, 5.41) is 8.35. The smallest absolute Gasteiger partial charge is 0.267 e. The second kappa shape index (κ2) is 6.37. The van der Waals surface area contributed by atoms with Crippen molar-refractivity contribution in [1.82, 2.24) is 5.48 Å². The number of nitrogens with one attached hydrogen (secondary N) is 1. The largest absolute Gasteiger partial charge is 0.457 e. The molecule has 0 saturated carbocycles. The number of carbonyl (C=O) groups excluding carboxylic acids is 1. The first-order valence-electron chi connectivity index (χ1n) is 5.73. The van der Waals surface area contributed by atoms with Gasteiger partial charge in [-0.15, -0.1) is 0 Å². The summed E-state index contributed by atoms with van der Waals surface area (Å²) in [6, 6.07) is 16.7. The maximum absolute atomic E-state index is 10.8. The molecule has 19 heavy (non-hydrogen) atoms. The van der Waals surface area contributed by atoms with E-state index in [4.69, 9.17) is 9.94 Å². The predicted molar refractivity (Wildman–Crippen MR) is 71.9 cm³/mol. The number of hydrogen-bond acceptors (Lipinski definition) is 3. The van der Waals surface area contributed by atoms with Crippen LogP contribution in [0, 0.1) is 0 Å². The number of para-hydroxylation sites is 1. The van der Waals surface area contributed by atoms with E-state index in [1.165, 1.54) is 11.6 Å². The van der Waals surface area contributed by atoms with Crippen molar-refractivity contribution in [3.05, 3.63) is 66.2 Å². The maximum atomic E-state index is 10.8. The summed E-state index contributed by atoms with van der Waals surface area (Å²) in [4.78, 5) is 10.8. The number of hydrogen-bond donors (Lipinski definition) is 2. The van der Waals surface area contributed by atoms with Crippen LogP contribution >= 0.6 is 0 Å². The van der Waals surface area contributed by atoms with Crippen molar-refractivity contribution in [3.63, 3.8) is 0 Å². The van der Waals surface area contributed by atoms with Crippen molar-refractivity contribution in [2.24, 2.45) is 0 Å². The van der Waals surface area contributed by atoms with Crippen LogP contribution < -0.4 is 10.2 Å². The molecule has 0 saturated heterocycles. The topological polar surface area (TPSA) is 58.6 Å². The van der Waals surface area contributed by atoms with Gasteiger partial charge in [-0.1, -0.05) is 30.3 Å². The third-order valence-electron chi connectivity index (χ3n) is 2.40. The highest BCUT2D eigenvalue weighted by molar-refractivity contribution is 5.90. The van der Waals surface area contributed by atoms with Gasteiger partial charge in [0.2, 0.25) is 0 Å². The first-order valence-corrected chi connectivity index (χ1v) is 5.73. The fourth-order valence-electron chi connectivity index (χ4n) is 1.48. The van der Waals surface area contributed by atoms with Crippen molar-refractivity contribution in [2.75, 3.05) is 0 Å². The number of benzene rings is 2. The van der Waals surface area contributed by atoms with Crippen LogP contribution in [0.1, 0.15) is 5.56 Å². The number of hydroxylamine groups is 1. The van der Waals surface area contributed by atoms with Gasteiger partial charge in [0.1, 0.15) is 11.5 Å². The molecule has 4 nitrogen and oxygen atoms in total. The molecular weight excluding hydrogens is 242 g/mol. The van der Waals surface area contributed by atoms with Gasteiger partial charge in [-0.2, -0.15) is 0 Å². The van der Waals surface area contributed by atoms with Crippen molar-refractivity contribution < 1.29 is 14.7 Å². The van der Waals surface area contributed by atoms with Crippen molar-refractivity contribution >= 4 is 12.0 Å². The normalized spacial score (nSPS) is 10.4. The van der Waals surface area contributed by atoms with Crippen molar-refractivity contribution in [2.45, 2.75) is 0 Å². The van der Waals surface area contributed by atoms with Crippen LogP contribution in [0.25, 0.3) is 6.08 Å². The van der Waals surface area contributed by atoms with Gasteiger partial charge in [-0.3, -0.25) is 10.0 Å². The summed E-state index contributed by atoms with van der Waals surface area (Å²) in [5.74, 6) is 0.921. The van der Waals surface area contributed by atoms with E-state index < -0.39 is 5.91 Å². The van der Waals surface area contributed by atoms with Gasteiger partial charge in [0.15, 0.2) is 0 Å². The van der Waals surface area contributed by atoms with E-state index in [1.807, 2.05) is 54.6 Å². The second-order valence-corrected chi connectivity index (χ2v) is 3.79. The minimum Gasteiger partial charge on any atom is -0.457 e. The lowest BCUT2D eigenvalue weighted by Crippen LogP contribution is -2.14. The van der Waals surface area contributed by atoms with Crippen molar-refractivity contribution in [1.29, 1.82) is 0 Å². The van der Waals surface area contributed by atoms with Gasteiger partial charge in [-0.05, 0) is 35.9 Å². The molecule has 0 heterocycles. The SMILES string of the molecule is O=C(/C=C/c1ccc(Oc2ccccc2)cc1)NO. The lowest BCUT2D eigenvalue weighted by atomic mass is 10.2. The molecule has 0 aliphatic heterocycles. The van der Waals surface area contributed by atoms with E-state index in [0.29, 0.717) is 0 Å². The highest BCUT2D eigenvalue weighted by Crippen LogP contribution is 2.21. The van der Waals surface area contributed by atoms with Crippen LogP contribution in [0.2, 0.25) is 0 Å². The van der Waals surface area contributed by atoms with Crippen LogP contribution in [0.3, 0.4) is 0 Å². The number of carbonyl (C=O) groups is 1. The van der Waals surface area contributed by atoms with E-state index in [-0.39, 0.29) is 0 Å². The molecule has 0 bridgehead atoms. The Labute approximate surface area is 110 Å². The maximum Gasteiger partial charge on any atom is 0.267 e. The molecular formula is C15H13NO3. The van der Waals surface area contributed by atoms with E-state index in [9.17, 15) is 4.79 Å². The third kappa shape index (κ3) is 3.97. The molecule has 0 aromatic heterocycles. The Morgan fingerprint density at radius 2 is 1.63 bits per heavy atom. The fourth-order valence-corrected chi connectivity index (χ4v) is 1.48. The molecule has 0 unspecified atom stereocenters. The highest BCUT2D eigenvalue weighted by Gasteiger charge is 1.96. The molecule has 2 N–H and O–H groups in total. The van der Waals surface area contributed by atoms with Crippen LogP contribution in [-0.4, -0.2) is 11.1 Å². The standard InChI is InChI=1S/C15H13NO3/c17-15(16-18)11-8-12-6-9-14(10-7-12)19-13-4-2-1-3-5-13/h1-11,18H,(H,16,17)/b11-8+. The van der Waals surface area contributed by atoms with Gasteiger partial charge < -0.3 is 4.74 Å². The minimum atomic E-state index is -0.565. The van der Waals surface area contributed by atoms with Gasteiger partial charge in [-0.25, -0.2) is 5.48 Å². The quantitative estimate of drug-likeness (QED) is 0.501. The van der Waals surface area contributed by atoms with Gasteiger partial charge in [0.25, 0.3) is 5.91 Å². The zero-order valence-corrected chi connectivity index (χ0v) is 10.1. The van der Waals surface area contributed by atoms with Crippen LogP contribution in [0.5, 0.6) is 11.5 Å². The van der Waals surface area contributed by atoms with Crippen LogP contribution in [0.15, 0.2) is 60.7 Å². The summed E-state index contributed by atoms with van der Waals surface area (Å²) >= 11 is 0. The molecule has 2 aromatic carbocycles. The second-order valence-electron chi connectivity index (χ2n) is 3.79. The molecule has 0 radical (unpaired) electrons. The van der Waals surface area contributed by atoms with Crippen LogP contribution in [0.4, 0.5) is 0 Å². The van der Waals surface area contributed by atoms with Gasteiger partial charge in [0, 0.05) is 6.08 Å². The Kier molecular flexibility index (Phi) is 4.31. The summed E-state index contributed by atoms with van der Waals surface area (Å²) in [6.07, 6.45) is 2.84. The molecule has 4 heteroatoms. The predicted octanol–water partition coefficient (Wildman–Crippen LogP) is 3.00. The first kappa shape index (κ1) is 12.9. The lowest BCUT2D eigenvalue weighted by Gasteiger charge is -2.05. The molecule has 0 spiro atoms. The molecule has 0 aliphatic carbocycles. The molecule has 0 fully saturated rings. The Bertz CT molecular complexity index is 562. The monoisotopic (exact) mass is 255 g/mol. The first-order chi connectivity index (χ1) is 9.28. The van der Waals surface area contributed by atoms with Crippen molar-refractivity contribution in [3.8, 4) is 11.5 Å². The average molecular weight is 255 g/mol. The Balaban J connectivity index is 2.03. The number of rotatable bonds is 4. The van der Waals surface area contributed by atoms with E-state index in [1.54, 1.807) is 6.08 Å². The van der Waals surface area contributed by atoms with Gasteiger partial charge in [0.05, 0.1) is 0 Å². The molecule has 1 amide bonds. The van der Waals surface area contributed by atoms with Gasteiger partial charge >= 0.3 is 0 Å². The summed E-state index contributed by atoms with van der Waals surface area (Å²) in [7, 11) is 0. The summed E-state index contributed by atoms with van der Waals surface area (Å²) in [6.45, 7) is 0. The Hall–Kier alpha value is -2.59. The van der Waals surface area contributed by atoms with E-state index in [2.05, 4.69) is 0 Å². The average Bonchev–Trinajstić information content (AvgIpc) is 2.47. The molecule has 0 aliphatic rings. The minimum absolute atomic E-state index is 0.565. The number of ether oxygens (including phenoxy) is 1. The summed E-state index contributed by atoms with van der Waals surface area (Å²) < 4.78 is 5.64. The zero-order chi connectivity index (χ0) is 13.5. The molecule has 2 aromatic rings. The fraction of sp³-hybridized carbons (Fsp3) is 0. The highest BCUT2D eigenvalue weighted by atomic mass is 16.5. The van der Waals surface area contributed by atoms with E-state index >= 15 is 0 Å². The van der Waals surface area contributed by atoms with Crippen LogP contribution in [-0.2, 0) is 4.79 Å².